The molecule has 2 rings (SSSR count). The summed E-state index contributed by atoms with van der Waals surface area (Å²) in [6.45, 7) is 2.95. The van der Waals surface area contributed by atoms with Crippen molar-refractivity contribution in [3.8, 4) is 5.75 Å². The first kappa shape index (κ1) is 19.2. The first-order valence-electron chi connectivity index (χ1n) is 8.61. The van der Waals surface area contributed by atoms with Crippen LogP contribution in [-0.2, 0) is 6.42 Å². The minimum atomic E-state index is 0.335. The summed E-state index contributed by atoms with van der Waals surface area (Å²) in [5.74, 6) is 0.830. The number of hydrogen-bond donors (Lipinski definition) is 3. The summed E-state index contributed by atoms with van der Waals surface area (Å²) in [7, 11) is 5.99. The molecular formula is C20H28N3OS+. The van der Waals surface area contributed by atoms with Gasteiger partial charge in [0.15, 0.2) is 5.11 Å². The van der Waals surface area contributed by atoms with Crippen LogP contribution in [0.1, 0.15) is 24.1 Å². The molecule has 0 aliphatic rings. The van der Waals surface area contributed by atoms with E-state index in [0.717, 1.165) is 24.4 Å². The Morgan fingerprint density at radius 2 is 1.72 bits per heavy atom. The van der Waals surface area contributed by atoms with Crippen LogP contribution in [0.4, 0.5) is 5.69 Å². The molecule has 0 bridgehead atoms. The SMILES string of the molecule is CCc1ccc([C@@H](CNC(=S)Nc2ccc(OC)cc2)[NH+](C)C)cc1. The minimum Gasteiger partial charge on any atom is -0.497 e. The number of ether oxygens (including phenoxy) is 1. The van der Waals surface area contributed by atoms with Gasteiger partial charge in [-0.3, -0.25) is 0 Å². The average molecular weight is 359 g/mol. The lowest BCUT2D eigenvalue weighted by atomic mass is 10.0. The fourth-order valence-corrected chi connectivity index (χ4v) is 2.89. The Balaban J connectivity index is 1.93. The summed E-state index contributed by atoms with van der Waals surface area (Å²) in [6, 6.07) is 16.9. The van der Waals surface area contributed by atoms with Gasteiger partial charge in [-0.25, -0.2) is 0 Å². The summed E-state index contributed by atoms with van der Waals surface area (Å²) in [5.41, 5.74) is 3.62. The topological polar surface area (TPSA) is 37.7 Å². The zero-order valence-electron chi connectivity index (χ0n) is 15.4. The van der Waals surface area contributed by atoms with Crippen LogP contribution in [0.3, 0.4) is 0 Å². The number of nitrogens with one attached hydrogen (secondary N) is 3. The summed E-state index contributed by atoms with van der Waals surface area (Å²) >= 11 is 5.43. The van der Waals surface area contributed by atoms with Gasteiger partial charge in [0, 0.05) is 11.3 Å². The molecule has 0 fully saturated rings. The molecule has 4 nitrogen and oxygen atoms in total. The maximum atomic E-state index is 5.43. The van der Waals surface area contributed by atoms with Crippen LogP contribution in [0.25, 0.3) is 0 Å². The van der Waals surface area contributed by atoms with E-state index in [1.54, 1.807) is 7.11 Å². The second kappa shape index (κ2) is 9.39. The van der Waals surface area contributed by atoms with E-state index in [0.29, 0.717) is 11.2 Å². The number of aryl methyl sites for hydroxylation is 1. The maximum Gasteiger partial charge on any atom is 0.171 e. The molecule has 0 amide bonds. The van der Waals surface area contributed by atoms with Crippen molar-refractivity contribution in [3.05, 3.63) is 59.7 Å². The van der Waals surface area contributed by atoms with Crippen LogP contribution >= 0.6 is 12.2 Å². The van der Waals surface area contributed by atoms with Gasteiger partial charge in [0.2, 0.25) is 0 Å². The molecule has 0 aliphatic carbocycles. The smallest absolute Gasteiger partial charge is 0.171 e. The molecule has 3 N–H and O–H groups in total. The molecule has 25 heavy (non-hydrogen) atoms. The Morgan fingerprint density at radius 3 is 2.24 bits per heavy atom. The number of thiocarbonyl (C=S) groups is 1. The molecule has 0 heterocycles. The van der Waals surface area contributed by atoms with Crippen molar-refractivity contribution in [2.45, 2.75) is 19.4 Å². The first-order valence-corrected chi connectivity index (χ1v) is 9.02. The van der Waals surface area contributed by atoms with Gasteiger partial charge in [0.1, 0.15) is 11.8 Å². The van der Waals surface area contributed by atoms with E-state index in [1.165, 1.54) is 16.0 Å². The Morgan fingerprint density at radius 1 is 1.08 bits per heavy atom. The minimum absolute atomic E-state index is 0.335. The molecule has 2 aromatic carbocycles. The standard InChI is InChI=1S/C20H27N3OS/c1-5-15-6-8-16(9-7-15)19(23(2)3)14-21-20(25)22-17-10-12-18(24-4)13-11-17/h6-13,19H,5,14H2,1-4H3,(H2,21,22,25)/p+1/t19-/m1/s1. The van der Waals surface area contributed by atoms with E-state index in [1.807, 2.05) is 24.3 Å². The van der Waals surface area contributed by atoms with Crippen LogP contribution in [0.15, 0.2) is 48.5 Å². The van der Waals surface area contributed by atoms with E-state index >= 15 is 0 Å². The molecule has 5 heteroatoms. The molecule has 0 aliphatic heterocycles. The lowest BCUT2D eigenvalue weighted by molar-refractivity contribution is -0.890. The molecular weight excluding hydrogens is 330 g/mol. The third-order valence-electron chi connectivity index (χ3n) is 4.30. The monoisotopic (exact) mass is 358 g/mol. The fourth-order valence-electron chi connectivity index (χ4n) is 2.69. The van der Waals surface area contributed by atoms with Crippen LogP contribution in [0, 0.1) is 0 Å². The van der Waals surface area contributed by atoms with E-state index in [9.17, 15) is 0 Å². The highest BCUT2D eigenvalue weighted by Crippen LogP contribution is 2.15. The summed E-state index contributed by atoms with van der Waals surface area (Å²) in [6.07, 6.45) is 1.06. The summed E-state index contributed by atoms with van der Waals surface area (Å²) in [5, 5.41) is 7.18. The van der Waals surface area contributed by atoms with Gasteiger partial charge < -0.3 is 20.3 Å². The molecule has 1 atom stereocenters. The highest BCUT2D eigenvalue weighted by atomic mass is 32.1. The Bertz CT molecular complexity index is 668. The zero-order chi connectivity index (χ0) is 18.2. The highest BCUT2D eigenvalue weighted by Gasteiger charge is 2.18. The van der Waals surface area contributed by atoms with E-state index in [2.05, 4.69) is 55.9 Å². The highest BCUT2D eigenvalue weighted by molar-refractivity contribution is 7.80. The van der Waals surface area contributed by atoms with Gasteiger partial charge in [-0.2, -0.15) is 0 Å². The van der Waals surface area contributed by atoms with Crippen LogP contribution < -0.4 is 20.3 Å². The first-order chi connectivity index (χ1) is 12.0. The van der Waals surface area contributed by atoms with Gasteiger partial charge in [0.25, 0.3) is 0 Å². The number of quaternary nitrogens is 1. The normalized spacial score (nSPS) is 11.9. The predicted octanol–water partition coefficient (Wildman–Crippen LogP) is 2.43. The number of methoxy groups -OCH3 is 1. The van der Waals surface area contributed by atoms with Crippen molar-refractivity contribution >= 4 is 23.0 Å². The molecule has 0 unspecified atom stereocenters. The van der Waals surface area contributed by atoms with E-state index < -0.39 is 0 Å². The Labute approximate surface area is 156 Å². The third-order valence-corrected chi connectivity index (χ3v) is 4.55. The van der Waals surface area contributed by atoms with Crippen molar-refractivity contribution in [1.82, 2.24) is 5.32 Å². The molecule has 0 aromatic heterocycles. The third kappa shape index (κ3) is 5.73. The average Bonchev–Trinajstić information content (AvgIpc) is 2.62. The van der Waals surface area contributed by atoms with Crippen molar-refractivity contribution in [1.29, 1.82) is 0 Å². The zero-order valence-corrected chi connectivity index (χ0v) is 16.2. The number of rotatable bonds is 7. The van der Waals surface area contributed by atoms with Crippen LogP contribution in [0.2, 0.25) is 0 Å². The second-order valence-corrected chi connectivity index (χ2v) is 6.70. The van der Waals surface area contributed by atoms with Crippen molar-refractivity contribution in [2.75, 3.05) is 33.1 Å². The van der Waals surface area contributed by atoms with Crippen molar-refractivity contribution in [2.24, 2.45) is 0 Å². The van der Waals surface area contributed by atoms with Crippen molar-refractivity contribution < 1.29 is 9.64 Å². The van der Waals surface area contributed by atoms with Gasteiger partial charge in [-0.05, 0) is 48.5 Å². The van der Waals surface area contributed by atoms with Gasteiger partial charge in [-0.1, -0.05) is 31.2 Å². The predicted molar refractivity (Wildman–Crippen MR) is 109 cm³/mol. The molecule has 0 saturated heterocycles. The number of hydrogen-bond acceptors (Lipinski definition) is 2. The second-order valence-electron chi connectivity index (χ2n) is 6.29. The molecule has 0 spiro atoms. The van der Waals surface area contributed by atoms with Crippen molar-refractivity contribution in [3.63, 3.8) is 0 Å². The molecule has 0 saturated carbocycles. The van der Waals surface area contributed by atoms with Gasteiger partial charge in [0.05, 0.1) is 27.7 Å². The van der Waals surface area contributed by atoms with Crippen LogP contribution in [0.5, 0.6) is 5.75 Å². The lowest BCUT2D eigenvalue weighted by Gasteiger charge is -2.23. The quantitative estimate of drug-likeness (QED) is 0.665. The summed E-state index contributed by atoms with van der Waals surface area (Å²) < 4.78 is 5.17. The largest absolute Gasteiger partial charge is 0.497 e. The fraction of sp³-hybridized carbons (Fsp3) is 0.350. The Kier molecular flexibility index (Phi) is 7.22. The number of anilines is 1. The maximum absolute atomic E-state index is 5.43. The summed E-state index contributed by atoms with van der Waals surface area (Å²) in [4.78, 5) is 1.36. The lowest BCUT2D eigenvalue weighted by Crippen LogP contribution is -3.07. The number of benzene rings is 2. The molecule has 0 radical (unpaired) electrons. The van der Waals surface area contributed by atoms with E-state index in [-0.39, 0.29) is 0 Å². The van der Waals surface area contributed by atoms with E-state index in [4.69, 9.17) is 17.0 Å². The van der Waals surface area contributed by atoms with Gasteiger partial charge in [-0.15, -0.1) is 0 Å². The van der Waals surface area contributed by atoms with Gasteiger partial charge >= 0.3 is 0 Å². The number of likely N-dealkylation sites (N-methyl/N-ethyl adjacent to an activating group) is 1. The Hall–Kier alpha value is -2.11. The van der Waals surface area contributed by atoms with Crippen LogP contribution in [-0.4, -0.2) is 32.9 Å². The molecule has 2 aromatic rings. The molecule has 134 valence electrons.